The number of hydrogen-bond acceptors (Lipinski definition) is 4. The number of hydrogen-bond donors (Lipinski definition) is 2. The van der Waals surface area contributed by atoms with E-state index in [9.17, 15) is 4.79 Å². The van der Waals surface area contributed by atoms with Gasteiger partial charge in [0.1, 0.15) is 5.75 Å². The maximum Gasteiger partial charge on any atom is 0.258 e. The lowest BCUT2D eigenvalue weighted by molar-refractivity contribution is -0.123. The molecular formula is C13H18N2O2S. The van der Waals surface area contributed by atoms with Crippen LogP contribution in [0.4, 0.5) is 5.69 Å². The van der Waals surface area contributed by atoms with Crippen molar-refractivity contribution in [1.29, 1.82) is 0 Å². The zero-order chi connectivity index (χ0) is 12.8. The monoisotopic (exact) mass is 266 g/mol. The largest absolute Gasteiger partial charge is 0.484 e. The third-order valence-corrected chi connectivity index (χ3v) is 3.97. The lowest BCUT2D eigenvalue weighted by atomic mass is 10.2. The van der Waals surface area contributed by atoms with E-state index in [1.807, 2.05) is 11.8 Å². The molecule has 98 valence electrons. The van der Waals surface area contributed by atoms with Gasteiger partial charge in [-0.25, -0.2) is 0 Å². The van der Waals surface area contributed by atoms with E-state index < -0.39 is 0 Å². The molecule has 4 nitrogen and oxygen atoms in total. The smallest absolute Gasteiger partial charge is 0.258 e. The summed E-state index contributed by atoms with van der Waals surface area (Å²) in [5.41, 5.74) is 6.27. The number of nitrogens with one attached hydrogen (secondary N) is 1. The topological polar surface area (TPSA) is 64.3 Å². The fourth-order valence-corrected chi connectivity index (χ4v) is 2.95. The van der Waals surface area contributed by atoms with Crippen LogP contribution in [0.3, 0.4) is 0 Å². The van der Waals surface area contributed by atoms with Crippen LogP contribution in [0.1, 0.15) is 12.8 Å². The lowest BCUT2D eigenvalue weighted by Gasteiger charge is -2.22. The summed E-state index contributed by atoms with van der Waals surface area (Å²) >= 11 is 1.89. The minimum atomic E-state index is -0.0649. The van der Waals surface area contributed by atoms with Crippen molar-refractivity contribution < 1.29 is 9.53 Å². The fourth-order valence-electron chi connectivity index (χ4n) is 1.88. The molecule has 0 aliphatic carbocycles. The molecule has 5 heteroatoms. The number of carbonyl (C=O) groups is 1. The highest BCUT2D eigenvalue weighted by molar-refractivity contribution is 7.99. The summed E-state index contributed by atoms with van der Waals surface area (Å²) in [5, 5.41) is 2.99. The van der Waals surface area contributed by atoms with Gasteiger partial charge in [-0.1, -0.05) is 6.07 Å². The van der Waals surface area contributed by atoms with E-state index in [0.29, 0.717) is 17.5 Å². The number of benzene rings is 1. The summed E-state index contributed by atoms with van der Waals surface area (Å²) < 4.78 is 5.39. The van der Waals surface area contributed by atoms with Crippen LogP contribution in [0.2, 0.25) is 0 Å². The fraction of sp³-hybridized carbons (Fsp3) is 0.462. The molecule has 0 radical (unpaired) electrons. The Morgan fingerprint density at radius 2 is 2.44 bits per heavy atom. The van der Waals surface area contributed by atoms with Crippen LogP contribution >= 0.6 is 11.8 Å². The number of ether oxygens (including phenoxy) is 1. The number of carbonyl (C=O) groups excluding carboxylic acids is 1. The predicted octanol–water partition coefficient (Wildman–Crippen LogP) is 1.66. The molecule has 1 heterocycles. The molecule has 18 heavy (non-hydrogen) atoms. The first-order chi connectivity index (χ1) is 8.74. The quantitative estimate of drug-likeness (QED) is 0.814. The van der Waals surface area contributed by atoms with Crippen LogP contribution in [0, 0.1) is 0 Å². The van der Waals surface area contributed by atoms with Crippen LogP contribution in [0.5, 0.6) is 5.75 Å². The highest BCUT2D eigenvalue weighted by Crippen LogP contribution is 2.17. The van der Waals surface area contributed by atoms with Crippen LogP contribution in [0.25, 0.3) is 0 Å². The second kappa shape index (κ2) is 6.54. The van der Waals surface area contributed by atoms with Gasteiger partial charge in [-0.15, -0.1) is 0 Å². The minimum absolute atomic E-state index is 0.0462. The Morgan fingerprint density at radius 1 is 1.56 bits per heavy atom. The van der Waals surface area contributed by atoms with Gasteiger partial charge in [-0.2, -0.15) is 11.8 Å². The average Bonchev–Trinajstić information content (AvgIpc) is 2.38. The molecule has 1 atom stereocenters. The first kappa shape index (κ1) is 13.1. The normalized spacial score (nSPS) is 19.2. The molecular weight excluding hydrogens is 248 g/mol. The van der Waals surface area contributed by atoms with Gasteiger partial charge in [-0.3, -0.25) is 4.79 Å². The Hall–Kier alpha value is -1.36. The Labute approximate surface area is 111 Å². The summed E-state index contributed by atoms with van der Waals surface area (Å²) in [6.07, 6.45) is 2.24. The van der Waals surface area contributed by atoms with E-state index in [0.717, 1.165) is 12.2 Å². The molecule has 0 spiro atoms. The number of anilines is 1. The Kier molecular flexibility index (Phi) is 4.75. The summed E-state index contributed by atoms with van der Waals surface area (Å²) in [5.74, 6) is 2.77. The Balaban J connectivity index is 1.74. The van der Waals surface area contributed by atoms with Gasteiger partial charge in [0.15, 0.2) is 6.61 Å². The van der Waals surface area contributed by atoms with Crippen molar-refractivity contribution in [3.8, 4) is 5.75 Å². The zero-order valence-electron chi connectivity index (χ0n) is 10.2. The first-order valence-corrected chi connectivity index (χ1v) is 7.25. The molecule has 1 aliphatic heterocycles. The van der Waals surface area contributed by atoms with Crippen LogP contribution in [-0.2, 0) is 4.79 Å². The average molecular weight is 266 g/mol. The Morgan fingerprint density at radius 3 is 3.17 bits per heavy atom. The second-order valence-electron chi connectivity index (χ2n) is 4.34. The number of thioether (sulfide) groups is 1. The van der Waals surface area contributed by atoms with Crippen molar-refractivity contribution in [2.24, 2.45) is 0 Å². The van der Waals surface area contributed by atoms with Crippen molar-refractivity contribution in [1.82, 2.24) is 5.32 Å². The van der Waals surface area contributed by atoms with E-state index in [1.165, 1.54) is 12.2 Å². The maximum atomic E-state index is 11.7. The molecule has 1 aromatic rings. The third kappa shape index (κ3) is 4.14. The Bertz CT molecular complexity index is 406. The highest BCUT2D eigenvalue weighted by atomic mass is 32.2. The van der Waals surface area contributed by atoms with E-state index in [1.54, 1.807) is 24.3 Å². The zero-order valence-corrected chi connectivity index (χ0v) is 11.0. The van der Waals surface area contributed by atoms with Gasteiger partial charge in [0.2, 0.25) is 0 Å². The van der Waals surface area contributed by atoms with Crippen molar-refractivity contribution in [2.45, 2.75) is 18.9 Å². The van der Waals surface area contributed by atoms with E-state index >= 15 is 0 Å². The summed E-state index contributed by atoms with van der Waals surface area (Å²) in [6.45, 7) is 0.0462. The molecule has 1 amide bonds. The number of nitrogen functional groups attached to an aromatic ring is 1. The number of amides is 1. The van der Waals surface area contributed by atoms with E-state index in [2.05, 4.69) is 5.32 Å². The molecule has 1 unspecified atom stereocenters. The van der Waals surface area contributed by atoms with E-state index in [4.69, 9.17) is 10.5 Å². The second-order valence-corrected chi connectivity index (χ2v) is 5.49. The van der Waals surface area contributed by atoms with Gasteiger partial charge in [0, 0.05) is 23.5 Å². The predicted molar refractivity (Wildman–Crippen MR) is 74.8 cm³/mol. The maximum absolute atomic E-state index is 11.7. The SMILES string of the molecule is Nc1cccc(OCC(=O)NC2CCCSC2)c1. The van der Waals surface area contributed by atoms with Gasteiger partial charge in [-0.05, 0) is 30.7 Å². The molecule has 1 aliphatic rings. The van der Waals surface area contributed by atoms with Gasteiger partial charge in [0.05, 0.1) is 0 Å². The van der Waals surface area contributed by atoms with Crippen molar-refractivity contribution >= 4 is 23.4 Å². The standard InChI is InChI=1S/C13H18N2O2S/c14-10-3-1-5-12(7-10)17-8-13(16)15-11-4-2-6-18-9-11/h1,3,5,7,11H,2,4,6,8-9,14H2,(H,15,16). The van der Waals surface area contributed by atoms with Crippen LogP contribution < -0.4 is 15.8 Å². The highest BCUT2D eigenvalue weighted by Gasteiger charge is 2.16. The molecule has 0 aromatic heterocycles. The molecule has 2 rings (SSSR count). The molecule has 0 bridgehead atoms. The third-order valence-electron chi connectivity index (χ3n) is 2.75. The van der Waals surface area contributed by atoms with Crippen molar-refractivity contribution in [3.63, 3.8) is 0 Å². The van der Waals surface area contributed by atoms with Crippen molar-refractivity contribution in [2.75, 3.05) is 23.8 Å². The van der Waals surface area contributed by atoms with Gasteiger partial charge >= 0.3 is 0 Å². The summed E-state index contributed by atoms with van der Waals surface area (Å²) in [4.78, 5) is 11.7. The van der Waals surface area contributed by atoms with Crippen LogP contribution in [0.15, 0.2) is 24.3 Å². The first-order valence-electron chi connectivity index (χ1n) is 6.09. The molecule has 0 saturated carbocycles. The number of nitrogens with two attached hydrogens (primary N) is 1. The molecule has 3 N–H and O–H groups in total. The number of rotatable bonds is 4. The molecule has 1 saturated heterocycles. The van der Waals surface area contributed by atoms with E-state index in [-0.39, 0.29) is 12.5 Å². The van der Waals surface area contributed by atoms with Crippen LogP contribution in [-0.4, -0.2) is 30.1 Å². The van der Waals surface area contributed by atoms with Crippen molar-refractivity contribution in [3.05, 3.63) is 24.3 Å². The lowest BCUT2D eigenvalue weighted by Crippen LogP contribution is -2.40. The summed E-state index contributed by atoms with van der Waals surface area (Å²) in [7, 11) is 0. The van der Waals surface area contributed by atoms with Gasteiger partial charge < -0.3 is 15.8 Å². The van der Waals surface area contributed by atoms with Gasteiger partial charge in [0.25, 0.3) is 5.91 Å². The molecule has 1 fully saturated rings. The minimum Gasteiger partial charge on any atom is -0.484 e. The summed E-state index contributed by atoms with van der Waals surface area (Å²) in [6, 6.07) is 7.39. The molecule has 1 aromatic carbocycles.